The molecule has 0 aliphatic heterocycles. The molecule has 6 nitrogen and oxygen atoms in total. The van der Waals surface area contributed by atoms with Crippen molar-refractivity contribution >= 4 is 23.4 Å². The molecule has 2 aromatic rings. The Kier molecular flexibility index (Phi) is 4.66. The van der Waals surface area contributed by atoms with Crippen LogP contribution in [0, 0.1) is 0 Å². The lowest BCUT2D eigenvalue weighted by Crippen LogP contribution is -2.02. The zero-order valence-corrected chi connectivity index (χ0v) is 11.1. The molecule has 0 aromatic carbocycles. The number of hydrogen-bond acceptors (Lipinski definition) is 7. The van der Waals surface area contributed by atoms with E-state index in [1.54, 1.807) is 12.3 Å². The summed E-state index contributed by atoms with van der Waals surface area (Å²) in [7, 11) is 0. The van der Waals surface area contributed by atoms with E-state index in [1.807, 2.05) is 6.92 Å². The first kappa shape index (κ1) is 13.0. The number of nitrogens with zero attached hydrogens (tertiary/aromatic N) is 5. The summed E-state index contributed by atoms with van der Waals surface area (Å²) < 4.78 is 5.32. The second-order valence-corrected chi connectivity index (χ2v) is 4.49. The van der Waals surface area contributed by atoms with Gasteiger partial charge in [-0.15, -0.1) is 0 Å². The Balaban J connectivity index is 2.15. The number of hydrogen-bond donors (Lipinski definition) is 0. The summed E-state index contributed by atoms with van der Waals surface area (Å²) in [6, 6.07) is 1.99. The van der Waals surface area contributed by atoms with Gasteiger partial charge in [-0.1, -0.05) is 6.92 Å². The van der Waals surface area contributed by atoms with Gasteiger partial charge in [0.2, 0.25) is 10.4 Å². The van der Waals surface area contributed by atoms with Crippen LogP contribution in [-0.4, -0.2) is 31.5 Å². The fraction of sp³-hybridized carbons (Fsp3) is 0.300. The van der Waals surface area contributed by atoms with E-state index in [4.69, 9.17) is 16.3 Å². The standard InChI is InChI=1S/C10H10ClN5OS/c1-2-5-17-9-14-8(11)15-10(16-9)18-7-3-4-12-6-13-7/h3-4,6H,2,5H2,1H3. The van der Waals surface area contributed by atoms with Gasteiger partial charge in [0, 0.05) is 6.20 Å². The molecule has 2 heterocycles. The number of aromatic nitrogens is 5. The van der Waals surface area contributed by atoms with Crippen LogP contribution in [0.5, 0.6) is 6.01 Å². The summed E-state index contributed by atoms with van der Waals surface area (Å²) in [4.78, 5) is 19.9. The molecule has 0 amide bonds. The smallest absolute Gasteiger partial charge is 0.321 e. The highest BCUT2D eigenvalue weighted by Gasteiger charge is 2.08. The van der Waals surface area contributed by atoms with Crippen LogP contribution in [0.15, 0.2) is 28.8 Å². The quantitative estimate of drug-likeness (QED) is 0.779. The van der Waals surface area contributed by atoms with Gasteiger partial charge in [0.25, 0.3) is 0 Å². The Morgan fingerprint density at radius 2 is 2.22 bits per heavy atom. The highest BCUT2D eigenvalue weighted by Crippen LogP contribution is 2.23. The predicted molar refractivity (Wildman–Crippen MR) is 66.8 cm³/mol. The third kappa shape index (κ3) is 3.78. The molecule has 0 aliphatic rings. The Bertz CT molecular complexity index is 513. The summed E-state index contributed by atoms with van der Waals surface area (Å²) in [6.45, 7) is 2.54. The lowest BCUT2D eigenvalue weighted by molar-refractivity contribution is 0.288. The molecule has 0 aliphatic carbocycles. The zero-order chi connectivity index (χ0) is 12.8. The average molecular weight is 284 g/mol. The van der Waals surface area contributed by atoms with E-state index in [2.05, 4.69) is 24.9 Å². The van der Waals surface area contributed by atoms with Crippen LogP contribution in [0.25, 0.3) is 0 Å². The fourth-order valence-corrected chi connectivity index (χ4v) is 1.92. The summed E-state index contributed by atoms with van der Waals surface area (Å²) >= 11 is 7.08. The van der Waals surface area contributed by atoms with Gasteiger partial charge >= 0.3 is 6.01 Å². The van der Waals surface area contributed by atoms with Crippen molar-refractivity contribution in [1.29, 1.82) is 0 Å². The minimum Gasteiger partial charge on any atom is -0.463 e. The second-order valence-electron chi connectivity index (χ2n) is 3.17. The maximum atomic E-state index is 5.81. The lowest BCUT2D eigenvalue weighted by Gasteiger charge is -2.04. The lowest BCUT2D eigenvalue weighted by atomic mass is 10.5. The van der Waals surface area contributed by atoms with E-state index < -0.39 is 0 Å². The zero-order valence-electron chi connectivity index (χ0n) is 9.58. The highest BCUT2D eigenvalue weighted by atomic mass is 35.5. The second kappa shape index (κ2) is 6.46. The van der Waals surface area contributed by atoms with Gasteiger partial charge in [-0.25, -0.2) is 9.97 Å². The van der Waals surface area contributed by atoms with Gasteiger partial charge in [0.1, 0.15) is 11.4 Å². The van der Waals surface area contributed by atoms with Crippen molar-refractivity contribution in [2.45, 2.75) is 23.5 Å². The van der Waals surface area contributed by atoms with Gasteiger partial charge in [0.15, 0.2) is 0 Å². The first-order valence-electron chi connectivity index (χ1n) is 5.26. The molecule has 0 N–H and O–H groups in total. The highest BCUT2D eigenvalue weighted by molar-refractivity contribution is 7.99. The van der Waals surface area contributed by atoms with Crippen molar-refractivity contribution in [1.82, 2.24) is 24.9 Å². The van der Waals surface area contributed by atoms with E-state index in [-0.39, 0.29) is 11.3 Å². The molecule has 2 rings (SSSR count). The molecule has 94 valence electrons. The maximum Gasteiger partial charge on any atom is 0.321 e. The van der Waals surface area contributed by atoms with E-state index in [1.165, 1.54) is 18.1 Å². The monoisotopic (exact) mass is 283 g/mol. The molecule has 18 heavy (non-hydrogen) atoms. The van der Waals surface area contributed by atoms with Crippen LogP contribution in [0.1, 0.15) is 13.3 Å². The third-order valence-corrected chi connectivity index (χ3v) is 2.74. The van der Waals surface area contributed by atoms with Crippen LogP contribution in [0.3, 0.4) is 0 Å². The van der Waals surface area contributed by atoms with Crippen molar-refractivity contribution in [3.05, 3.63) is 23.9 Å². The average Bonchev–Trinajstić information content (AvgIpc) is 2.37. The summed E-state index contributed by atoms with van der Waals surface area (Å²) in [5, 5.41) is 1.28. The summed E-state index contributed by atoms with van der Waals surface area (Å²) in [6.07, 6.45) is 3.98. The van der Waals surface area contributed by atoms with Gasteiger partial charge in [0.05, 0.1) is 6.61 Å². The molecular formula is C10H10ClN5OS. The Labute approximate surface area is 113 Å². The van der Waals surface area contributed by atoms with Crippen LogP contribution >= 0.6 is 23.4 Å². The number of rotatable bonds is 5. The largest absolute Gasteiger partial charge is 0.463 e. The van der Waals surface area contributed by atoms with Gasteiger partial charge in [-0.3, -0.25) is 0 Å². The normalized spacial score (nSPS) is 10.3. The van der Waals surface area contributed by atoms with E-state index in [0.717, 1.165) is 11.4 Å². The van der Waals surface area contributed by atoms with Crippen molar-refractivity contribution in [3.8, 4) is 6.01 Å². The van der Waals surface area contributed by atoms with Crippen molar-refractivity contribution in [2.24, 2.45) is 0 Å². The van der Waals surface area contributed by atoms with Crippen molar-refractivity contribution < 1.29 is 4.74 Å². The van der Waals surface area contributed by atoms with Crippen LogP contribution in [0.4, 0.5) is 0 Å². The van der Waals surface area contributed by atoms with E-state index in [0.29, 0.717) is 11.8 Å². The van der Waals surface area contributed by atoms with E-state index >= 15 is 0 Å². The molecule has 0 saturated heterocycles. The SMILES string of the molecule is CCCOc1nc(Cl)nc(Sc2ccncn2)n1. The number of halogens is 1. The first-order valence-corrected chi connectivity index (χ1v) is 6.45. The van der Waals surface area contributed by atoms with Crippen molar-refractivity contribution in [3.63, 3.8) is 0 Å². The minimum absolute atomic E-state index is 0.104. The maximum absolute atomic E-state index is 5.81. The molecule has 0 unspecified atom stereocenters. The van der Waals surface area contributed by atoms with Crippen LogP contribution in [-0.2, 0) is 0 Å². The molecular weight excluding hydrogens is 274 g/mol. The van der Waals surface area contributed by atoms with Crippen LogP contribution in [0.2, 0.25) is 5.28 Å². The minimum atomic E-state index is 0.104. The fourth-order valence-electron chi connectivity index (χ4n) is 1.05. The summed E-state index contributed by atoms with van der Waals surface area (Å²) in [5.74, 6) is 0. The summed E-state index contributed by atoms with van der Waals surface area (Å²) in [5.41, 5.74) is 0. The molecule has 8 heteroatoms. The molecule has 0 saturated carbocycles. The Morgan fingerprint density at radius 3 is 2.94 bits per heavy atom. The molecule has 0 bridgehead atoms. The predicted octanol–water partition coefficient (Wildman–Crippen LogP) is 2.25. The van der Waals surface area contributed by atoms with Crippen molar-refractivity contribution in [2.75, 3.05) is 6.61 Å². The van der Waals surface area contributed by atoms with Crippen LogP contribution < -0.4 is 4.74 Å². The third-order valence-electron chi connectivity index (χ3n) is 1.75. The van der Waals surface area contributed by atoms with E-state index in [9.17, 15) is 0 Å². The molecule has 0 fully saturated rings. The first-order chi connectivity index (χ1) is 8.78. The number of ether oxygens (including phenoxy) is 1. The van der Waals surface area contributed by atoms with Gasteiger partial charge in [-0.2, -0.15) is 15.0 Å². The van der Waals surface area contributed by atoms with Gasteiger partial charge < -0.3 is 4.74 Å². The Morgan fingerprint density at radius 1 is 1.33 bits per heavy atom. The van der Waals surface area contributed by atoms with Gasteiger partial charge in [-0.05, 0) is 35.9 Å². The molecule has 2 aromatic heterocycles. The molecule has 0 radical (unpaired) electrons. The molecule has 0 spiro atoms. The topological polar surface area (TPSA) is 73.7 Å². The molecule has 0 atom stereocenters. The Hall–Kier alpha value is -1.47.